The standard InChI is InChI=1S/C14H19NO5/c1-9(14(17)18)10(2)15-13(16)8-20-12-7-5-4-6-11(12)19-3/h4-7,9-10H,8H2,1-3H3,(H,15,16)(H,17,18). The Hall–Kier alpha value is -2.24. The number of benzene rings is 1. The zero-order valence-electron chi connectivity index (χ0n) is 11.8. The molecule has 0 aliphatic rings. The number of rotatable bonds is 7. The molecular formula is C14H19NO5. The van der Waals surface area contributed by atoms with Crippen LogP contribution in [0.3, 0.4) is 0 Å². The van der Waals surface area contributed by atoms with Crippen LogP contribution in [0, 0.1) is 5.92 Å². The fourth-order valence-electron chi connectivity index (χ4n) is 1.52. The summed E-state index contributed by atoms with van der Waals surface area (Å²) in [5.41, 5.74) is 0. The van der Waals surface area contributed by atoms with Gasteiger partial charge in [0.1, 0.15) is 0 Å². The molecule has 1 aromatic carbocycles. The minimum absolute atomic E-state index is 0.197. The first-order chi connectivity index (χ1) is 9.45. The van der Waals surface area contributed by atoms with E-state index < -0.39 is 17.9 Å². The zero-order valence-corrected chi connectivity index (χ0v) is 11.8. The maximum atomic E-state index is 11.7. The summed E-state index contributed by atoms with van der Waals surface area (Å²) in [5.74, 6) is -0.999. The Bertz CT molecular complexity index is 474. The number of carbonyl (C=O) groups is 2. The molecule has 2 unspecified atom stereocenters. The lowest BCUT2D eigenvalue weighted by Gasteiger charge is -2.18. The second kappa shape index (κ2) is 7.37. The van der Waals surface area contributed by atoms with Crippen LogP contribution in [0.15, 0.2) is 24.3 Å². The lowest BCUT2D eigenvalue weighted by atomic mass is 10.0. The van der Waals surface area contributed by atoms with Crippen LogP contribution >= 0.6 is 0 Å². The van der Waals surface area contributed by atoms with Crippen molar-refractivity contribution in [2.24, 2.45) is 5.92 Å². The van der Waals surface area contributed by atoms with E-state index in [9.17, 15) is 9.59 Å². The molecule has 1 aromatic rings. The van der Waals surface area contributed by atoms with E-state index in [0.717, 1.165) is 0 Å². The molecule has 1 rings (SSSR count). The third-order valence-electron chi connectivity index (χ3n) is 2.96. The van der Waals surface area contributed by atoms with Crippen molar-refractivity contribution in [2.45, 2.75) is 19.9 Å². The quantitative estimate of drug-likeness (QED) is 0.787. The van der Waals surface area contributed by atoms with E-state index >= 15 is 0 Å². The predicted octanol–water partition coefficient (Wildman–Crippen LogP) is 1.30. The average molecular weight is 281 g/mol. The van der Waals surface area contributed by atoms with Crippen LogP contribution in [0.1, 0.15) is 13.8 Å². The van der Waals surface area contributed by atoms with Crippen LogP contribution in [0.2, 0.25) is 0 Å². The number of aliphatic carboxylic acids is 1. The van der Waals surface area contributed by atoms with E-state index in [1.54, 1.807) is 31.2 Å². The van der Waals surface area contributed by atoms with Crippen LogP contribution in [-0.4, -0.2) is 36.7 Å². The molecule has 0 heterocycles. The molecule has 0 spiro atoms. The van der Waals surface area contributed by atoms with Crippen LogP contribution < -0.4 is 14.8 Å². The second-order valence-corrected chi connectivity index (χ2v) is 4.42. The molecule has 0 saturated carbocycles. The van der Waals surface area contributed by atoms with Crippen molar-refractivity contribution in [1.82, 2.24) is 5.32 Å². The van der Waals surface area contributed by atoms with Gasteiger partial charge in [0.05, 0.1) is 13.0 Å². The highest BCUT2D eigenvalue weighted by Gasteiger charge is 2.21. The van der Waals surface area contributed by atoms with Crippen molar-refractivity contribution >= 4 is 11.9 Å². The number of nitrogens with one attached hydrogen (secondary N) is 1. The van der Waals surface area contributed by atoms with Gasteiger partial charge < -0.3 is 19.9 Å². The fourth-order valence-corrected chi connectivity index (χ4v) is 1.52. The van der Waals surface area contributed by atoms with Crippen molar-refractivity contribution in [3.63, 3.8) is 0 Å². The first kappa shape index (κ1) is 15.8. The summed E-state index contributed by atoms with van der Waals surface area (Å²) in [4.78, 5) is 22.5. The Labute approximate surface area is 117 Å². The number of hydrogen-bond donors (Lipinski definition) is 2. The third-order valence-corrected chi connectivity index (χ3v) is 2.96. The number of carboxylic acids is 1. The van der Waals surface area contributed by atoms with Gasteiger partial charge in [-0.2, -0.15) is 0 Å². The minimum Gasteiger partial charge on any atom is -0.493 e. The topological polar surface area (TPSA) is 84.9 Å². The minimum atomic E-state index is -0.955. The summed E-state index contributed by atoms with van der Waals surface area (Å²) in [6, 6.07) is 6.51. The Balaban J connectivity index is 2.49. The molecule has 20 heavy (non-hydrogen) atoms. The number of carboxylic acid groups (broad SMARTS) is 1. The number of para-hydroxylation sites is 2. The Morgan fingerprint density at radius 3 is 2.40 bits per heavy atom. The smallest absolute Gasteiger partial charge is 0.308 e. The lowest BCUT2D eigenvalue weighted by Crippen LogP contribution is -2.42. The van der Waals surface area contributed by atoms with Gasteiger partial charge in [0.2, 0.25) is 0 Å². The Kier molecular flexibility index (Phi) is 5.83. The van der Waals surface area contributed by atoms with E-state index in [1.807, 2.05) is 0 Å². The van der Waals surface area contributed by atoms with Crippen molar-refractivity contribution < 1.29 is 24.2 Å². The monoisotopic (exact) mass is 281 g/mol. The normalized spacial score (nSPS) is 13.2. The lowest BCUT2D eigenvalue weighted by molar-refractivity contribution is -0.142. The second-order valence-electron chi connectivity index (χ2n) is 4.42. The van der Waals surface area contributed by atoms with Gasteiger partial charge >= 0.3 is 5.97 Å². The molecule has 6 nitrogen and oxygen atoms in total. The van der Waals surface area contributed by atoms with Gasteiger partial charge in [0.15, 0.2) is 18.1 Å². The molecule has 0 aliphatic heterocycles. The molecule has 2 atom stereocenters. The third kappa shape index (κ3) is 4.46. The summed E-state index contributed by atoms with van der Waals surface area (Å²) >= 11 is 0. The van der Waals surface area contributed by atoms with Gasteiger partial charge in [-0.05, 0) is 26.0 Å². The van der Waals surface area contributed by atoms with E-state index in [2.05, 4.69) is 5.32 Å². The highest BCUT2D eigenvalue weighted by molar-refractivity contribution is 5.79. The highest BCUT2D eigenvalue weighted by Crippen LogP contribution is 2.25. The van der Waals surface area contributed by atoms with Crippen molar-refractivity contribution in [3.8, 4) is 11.5 Å². The number of hydrogen-bond acceptors (Lipinski definition) is 4. The first-order valence-corrected chi connectivity index (χ1v) is 6.23. The summed E-state index contributed by atoms with van der Waals surface area (Å²) in [5, 5.41) is 11.4. The summed E-state index contributed by atoms with van der Waals surface area (Å²) in [6.45, 7) is 2.98. The predicted molar refractivity (Wildman–Crippen MR) is 72.9 cm³/mol. The maximum Gasteiger partial charge on any atom is 0.308 e. The van der Waals surface area contributed by atoms with Crippen LogP contribution in [-0.2, 0) is 9.59 Å². The number of methoxy groups -OCH3 is 1. The number of amides is 1. The molecule has 6 heteroatoms. The zero-order chi connectivity index (χ0) is 15.1. The SMILES string of the molecule is COc1ccccc1OCC(=O)NC(C)C(C)C(=O)O. The summed E-state index contributed by atoms with van der Waals surface area (Å²) in [6.07, 6.45) is 0. The fraction of sp³-hybridized carbons (Fsp3) is 0.429. The summed E-state index contributed by atoms with van der Waals surface area (Å²) in [7, 11) is 1.51. The number of carbonyl (C=O) groups excluding carboxylic acids is 1. The molecule has 1 amide bonds. The molecule has 0 aliphatic carbocycles. The van der Waals surface area contributed by atoms with Crippen LogP contribution in [0.4, 0.5) is 0 Å². The molecule has 2 N–H and O–H groups in total. The average Bonchev–Trinajstić information content (AvgIpc) is 2.44. The van der Waals surface area contributed by atoms with E-state index in [-0.39, 0.29) is 12.5 Å². The van der Waals surface area contributed by atoms with Gasteiger partial charge in [0, 0.05) is 6.04 Å². The first-order valence-electron chi connectivity index (χ1n) is 6.23. The highest BCUT2D eigenvalue weighted by atomic mass is 16.5. The van der Waals surface area contributed by atoms with Crippen LogP contribution in [0.25, 0.3) is 0 Å². The van der Waals surface area contributed by atoms with Crippen molar-refractivity contribution in [1.29, 1.82) is 0 Å². The molecule has 0 aromatic heterocycles. The largest absolute Gasteiger partial charge is 0.493 e. The van der Waals surface area contributed by atoms with E-state index in [1.165, 1.54) is 14.0 Å². The van der Waals surface area contributed by atoms with Gasteiger partial charge in [0.25, 0.3) is 5.91 Å². The van der Waals surface area contributed by atoms with E-state index in [0.29, 0.717) is 11.5 Å². The van der Waals surface area contributed by atoms with Crippen molar-refractivity contribution in [2.75, 3.05) is 13.7 Å². The summed E-state index contributed by atoms with van der Waals surface area (Å²) < 4.78 is 10.4. The molecule has 110 valence electrons. The van der Waals surface area contributed by atoms with Gasteiger partial charge in [-0.1, -0.05) is 12.1 Å². The van der Waals surface area contributed by atoms with E-state index in [4.69, 9.17) is 14.6 Å². The molecule has 0 saturated heterocycles. The number of ether oxygens (including phenoxy) is 2. The van der Waals surface area contributed by atoms with Gasteiger partial charge in [-0.25, -0.2) is 0 Å². The van der Waals surface area contributed by atoms with Crippen LogP contribution in [0.5, 0.6) is 11.5 Å². The molecule has 0 bridgehead atoms. The Morgan fingerprint density at radius 1 is 1.25 bits per heavy atom. The van der Waals surface area contributed by atoms with Crippen molar-refractivity contribution in [3.05, 3.63) is 24.3 Å². The molecule has 0 fully saturated rings. The maximum absolute atomic E-state index is 11.7. The van der Waals surface area contributed by atoms with Gasteiger partial charge in [-0.15, -0.1) is 0 Å². The Morgan fingerprint density at radius 2 is 1.85 bits per heavy atom. The van der Waals surface area contributed by atoms with Gasteiger partial charge in [-0.3, -0.25) is 9.59 Å². The molecule has 0 radical (unpaired) electrons. The molecular weight excluding hydrogens is 262 g/mol.